The van der Waals surface area contributed by atoms with Crippen LogP contribution in [0.3, 0.4) is 0 Å². The molecule has 0 amide bonds. The first-order valence-corrected chi connectivity index (χ1v) is 24.1. The van der Waals surface area contributed by atoms with Crippen molar-refractivity contribution in [1.82, 2.24) is 0 Å². The molecule has 0 aromatic heterocycles. The average Bonchev–Trinajstić information content (AvgIpc) is 3.17. The molecule has 2 aromatic carbocycles. The Hall–Kier alpha value is -1.38. The second-order valence-corrected chi connectivity index (χ2v) is 39.7. The molecule has 0 N–H and O–H groups in total. The monoisotopic (exact) mass is 498 g/mol. The van der Waals surface area contributed by atoms with Gasteiger partial charge in [-0.1, -0.05) is 0 Å². The molecule has 0 heterocycles. The van der Waals surface area contributed by atoms with Crippen LogP contribution in [0.2, 0.25) is 9.26 Å². The molecule has 0 nitrogen and oxygen atoms in total. The van der Waals surface area contributed by atoms with E-state index >= 15 is 0 Å². The second-order valence-electron chi connectivity index (χ2n) is 10.1. The van der Waals surface area contributed by atoms with Crippen LogP contribution in [-0.2, 0) is 17.4 Å². The maximum atomic E-state index is 14.8. The van der Waals surface area contributed by atoms with Gasteiger partial charge < -0.3 is 0 Å². The molecule has 0 saturated carbocycles. The first-order chi connectivity index (χ1) is 13.9. The summed E-state index contributed by atoms with van der Waals surface area (Å²) in [5.74, 6) is -1.08. The van der Waals surface area contributed by atoms with E-state index in [0.29, 0.717) is 11.5 Å². The summed E-state index contributed by atoms with van der Waals surface area (Å²) in [6, 6.07) is 12.8. The molecule has 30 heavy (non-hydrogen) atoms. The summed E-state index contributed by atoms with van der Waals surface area (Å²) in [5.41, 5.74) is 7.90. The number of hydrogen-bond acceptors (Lipinski definition) is 0. The third-order valence-corrected chi connectivity index (χ3v) is 25.0. The quantitative estimate of drug-likeness (QED) is 0.397. The van der Waals surface area contributed by atoms with Gasteiger partial charge in [-0.05, 0) is 0 Å². The van der Waals surface area contributed by atoms with Crippen LogP contribution in [0.25, 0.3) is 5.57 Å². The van der Waals surface area contributed by atoms with Crippen LogP contribution in [0.15, 0.2) is 68.5 Å². The van der Waals surface area contributed by atoms with E-state index in [-0.39, 0.29) is 3.63 Å². The van der Waals surface area contributed by atoms with Crippen molar-refractivity contribution in [2.45, 2.75) is 40.6 Å². The molecule has 4 rings (SSSR count). The molecule has 2 unspecified atom stereocenters. The minimum atomic E-state index is -3.54. The molecular weight excluding hydrogens is 470 g/mol. The van der Waals surface area contributed by atoms with Gasteiger partial charge in [-0.3, -0.25) is 0 Å². The van der Waals surface area contributed by atoms with E-state index in [1.54, 1.807) is 15.4 Å². The van der Waals surface area contributed by atoms with Crippen molar-refractivity contribution in [2.75, 3.05) is 0 Å². The van der Waals surface area contributed by atoms with E-state index in [4.69, 9.17) is 0 Å². The van der Waals surface area contributed by atoms with Gasteiger partial charge in [-0.2, -0.15) is 0 Å². The number of rotatable bonds is 3. The van der Waals surface area contributed by atoms with Gasteiger partial charge >= 0.3 is 182 Å². The molecule has 0 bridgehead atoms. The third-order valence-electron chi connectivity index (χ3n) is 7.68. The SMILES string of the molecule is CC1=C(C)C(C)[C]([Zr]([CH3])([CH3])(=[SiH2])[CH]2C=C(c3cccc(F)c3F)c3ccccc32)=C1C. The van der Waals surface area contributed by atoms with Gasteiger partial charge in [0, 0.05) is 0 Å². The van der Waals surface area contributed by atoms with E-state index in [9.17, 15) is 8.78 Å². The normalized spacial score (nSPS) is 22.0. The minimum absolute atomic E-state index is 0.268. The summed E-state index contributed by atoms with van der Waals surface area (Å²) in [6.07, 6.45) is 2.26. The summed E-state index contributed by atoms with van der Waals surface area (Å²) in [4.78, 5) is 0. The van der Waals surface area contributed by atoms with Crippen LogP contribution >= 0.6 is 0 Å². The van der Waals surface area contributed by atoms with Crippen molar-refractivity contribution in [1.29, 1.82) is 0 Å². The van der Waals surface area contributed by atoms with E-state index in [1.807, 2.05) is 6.07 Å². The number of allylic oxidation sites excluding steroid dienone is 5. The van der Waals surface area contributed by atoms with E-state index in [0.717, 1.165) is 11.1 Å². The molecule has 0 radical (unpaired) electrons. The van der Waals surface area contributed by atoms with Gasteiger partial charge in [0.15, 0.2) is 0 Å². The molecule has 2 aliphatic carbocycles. The molecule has 0 saturated heterocycles. The molecule has 156 valence electrons. The Labute approximate surface area is 181 Å². The zero-order valence-corrected chi connectivity index (χ0v) is 22.6. The van der Waals surface area contributed by atoms with Crippen molar-refractivity contribution in [2.24, 2.45) is 5.92 Å². The fourth-order valence-electron chi connectivity index (χ4n) is 5.93. The number of halogens is 2. The molecule has 2 aliphatic rings. The van der Waals surface area contributed by atoms with Crippen molar-refractivity contribution < 1.29 is 26.2 Å². The predicted molar refractivity (Wildman–Crippen MR) is 123 cm³/mol. The van der Waals surface area contributed by atoms with Gasteiger partial charge in [0.05, 0.1) is 0 Å². The predicted octanol–water partition coefficient (Wildman–Crippen LogP) is 7.05. The van der Waals surface area contributed by atoms with Crippen LogP contribution < -0.4 is 0 Å². The maximum absolute atomic E-state index is 14.8. The first kappa shape index (κ1) is 21.8. The molecule has 0 fully saturated rings. The van der Waals surface area contributed by atoms with Crippen LogP contribution in [0, 0.1) is 17.6 Å². The van der Waals surface area contributed by atoms with Gasteiger partial charge in [0.2, 0.25) is 0 Å². The van der Waals surface area contributed by atoms with Crippen LogP contribution in [0.1, 0.15) is 48.0 Å². The molecule has 4 heteroatoms. The van der Waals surface area contributed by atoms with Gasteiger partial charge in [-0.15, -0.1) is 0 Å². The third kappa shape index (κ3) is 3.06. The van der Waals surface area contributed by atoms with Crippen molar-refractivity contribution in [3.63, 3.8) is 0 Å². The summed E-state index contributed by atoms with van der Waals surface area (Å²) in [5, 5.41) is 0. The molecular formula is C26H30F2SiZr. The molecule has 2 aromatic rings. The van der Waals surface area contributed by atoms with Crippen molar-refractivity contribution in [3.05, 3.63) is 96.9 Å². The summed E-state index contributed by atoms with van der Waals surface area (Å²) in [6.45, 7) is 11.4. The fourth-order valence-corrected chi connectivity index (χ4v) is 24.4. The van der Waals surface area contributed by atoms with Crippen molar-refractivity contribution >= 4 is 12.5 Å². The van der Waals surface area contributed by atoms with E-state index < -0.39 is 29.0 Å². The Balaban J connectivity index is 1.97. The van der Waals surface area contributed by atoms with Crippen molar-refractivity contribution in [3.8, 4) is 0 Å². The first-order valence-electron chi connectivity index (χ1n) is 10.7. The Kier molecular flexibility index (Phi) is 5.15. The van der Waals surface area contributed by atoms with E-state index in [1.165, 1.54) is 28.3 Å². The Morgan fingerprint density at radius 3 is 2.13 bits per heavy atom. The number of fused-ring (bicyclic) bond motifs is 1. The summed E-state index contributed by atoms with van der Waals surface area (Å²) < 4.78 is 35.8. The van der Waals surface area contributed by atoms with E-state index in [2.05, 4.69) is 68.1 Å². The van der Waals surface area contributed by atoms with Gasteiger partial charge in [-0.25, -0.2) is 0 Å². The summed E-state index contributed by atoms with van der Waals surface area (Å²) >= 11 is -3.54. The Morgan fingerprint density at radius 2 is 1.50 bits per heavy atom. The number of benzene rings is 2. The van der Waals surface area contributed by atoms with Crippen LogP contribution in [0.5, 0.6) is 0 Å². The van der Waals surface area contributed by atoms with Gasteiger partial charge in [0.1, 0.15) is 0 Å². The van der Waals surface area contributed by atoms with Crippen LogP contribution in [0.4, 0.5) is 8.78 Å². The Bertz CT molecular complexity index is 1240. The second kappa shape index (κ2) is 7.07. The summed E-state index contributed by atoms with van der Waals surface area (Å²) in [7, 11) is 0. The molecule has 2 atom stereocenters. The fraction of sp³-hybridized carbons (Fsp3) is 0.308. The average molecular weight is 500 g/mol. The van der Waals surface area contributed by atoms with Crippen LogP contribution in [-0.4, -0.2) is 6.88 Å². The van der Waals surface area contributed by atoms with Gasteiger partial charge in [0.25, 0.3) is 0 Å². The molecule has 0 spiro atoms. The standard InChI is InChI=1S/C15H9F2.C9H13.2CH3.H2Si.Zr/c16-14-7-3-6-13(15(14)17)12-9-8-10-4-1-2-5-11(10)12;1-6-5-7(2)9(4)8(6)3;;;;/h1-9H;6H,1-4H3;2*1H3;1H2;. The zero-order valence-electron chi connectivity index (χ0n) is 18.7. The molecule has 0 aliphatic heterocycles. The number of hydrogen-bond donors (Lipinski definition) is 0. The Morgan fingerprint density at radius 1 is 0.867 bits per heavy atom. The topological polar surface area (TPSA) is 0 Å². The zero-order chi connectivity index (χ0) is 22.0.